The molecular weight excluding hydrogens is 623 g/mol. The highest BCUT2D eigenvalue weighted by atomic mass is 32.2. The average Bonchev–Trinajstić information content (AvgIpc) is 3.35. The smallest absolute Gasteiger partial charge is 0.409 e. The molecule has 4 aromatic rings. The van der Waals surface area contributed by atoms with E-state index in [1.165, 1.54) is 12.1 Å². The van der Waals surface area contributed by atoms with E-state index in [-0.39, 0.29) is 18.2 Å². The average molecular weight is 660 g/mol. The number of unbranched alkanes of at least 4 members (excludes halogenated alkanes) is 2. The minimum Gasteiger partial charge on any atom is -0.409 e. The molecule has 0 saturated carbocycles. The molecule has 3 N–H and O–H groups in total. The number of amides is 2. The van der Waals surface area contributed by atoms with Gasteiger partial charge in [0, 0.05) is 30.8 Å². The first-order chi connectivity index (χ1) is 21.9. The number of aromatic nitrogens is 2. The summed E-state index contributed by atoms with van der Waals surface area (Å²) in [5.74, 6) is 0.727. The predicted molar refractivity (Wildman–Crippen MR) is 170 cm³/mol. The Hall–Kier alpha value is -4.59. The molecular formula is C32H36F3N5O5S. The lowest BCUT2D eigenvalue weighted by atomic mass is 10.0. The third-order valence-electron chi connectivity index (χ3n) is 7.10. The Bertz CT molecular complexity index is 1770. The number of carbonyl (C=O) groups is 2. The van der Waals surface area contributed by atoms with Gasteiger partial charge in [0.1, 0.15) is 11.6 Å². The number of nitrogens with one attached hydrogen (secondary N) is 3. The molecule has 0 saturated heterocycles. The fourth-order valence-corrected chi connectivity index (χ4v) is 5.07. The second-order valence-electron chi connectivity index (χ2n) is 10.6. The molecule has 14 heteroatoms. The molecule has 46 heavy (non-hydrogen) atoms. The summed E-state index contributed by atoms with van der Waals surface area (Å²) in [5, 5.41) is 6.08. The van der Waals surface area contributed by atoms with Crippen molar-refractivity contribution in [1.29, 1.82) is 0 Å². The molecule has 0 unspecified atom stereocenters. The van der Waals surface area contributed by atoms with Crippen LogP contribution in [-0.2, 0) is 27.8 Å². The topological polar surface area (TPSA) is 131 Å². The Kier molecular flexibility index (Phi) is 11.3. The van der Waals surface area contributed by atoms with E-state index in [1.807, 2.05) is 30.3 Å². The number of sulfonamides is 1. The maximum absolute atomic E-state index is 12.7. The number of para-hydroxylation sites is 1. The van der Waals surface area contributed by atoms with Crippen molar-refractivity contribution in [3.63, 3.8) is 0 Å². The number of rotatable bonds is 14. The molecule has 0 fully saturated rings. The van der Waals surface area contributed by atoms with Gasteiger partial charge >= 0.3 is 21.6 Å². The Morgan fingerprint density at radius 2 is 1.67 bits per heavy atom. The van der Waals surface area contributed by atoms with Crippen LogP contribution in [0.5, 0.6) is 5.75 Å². The molecule has 0 spiro atoms. The molecule has 0 aliphatic heterocycles. The van der Waals surface area contributed by atoms with E-state index in [0.29, 0.717) is 24.2 Å². The van der Waals surface area contributed by atoms with Crippen LogP contribution in [0.1, 0.15) is 50.9 Å². The summed E-state index contributed by atoms with van der Waals surface area (Å²) in [5.41, 5.74) is -1.23. The van der Waals surface area contributed by atoms with Gasteiger partial charge in [-0.05, 0) is 48.2 Å². The number of halogens is 3. The van der Waals surface area contributed by atoms with Crippen molar-refractivity contribution in [1.82, 2.24) is 19.6 Å². The largest absolute Gasteiger partial charge is 0.516 e. The number of anilines is 1. The normalized spacial score (nSPS) is 11.8. The van der Waals surface area contributed by atoms with E-state index in [9.17, 15) is 31.2 Å². The van der Waals surface area contributed by atoms with Crippen LogP contribution in [0.3, 0.4) is 0 Å². The monoisotopic (exact) mass is 659 g/mol. The van der Waals surface area contributed by atoms with E-state index >= 15 is 0 Å². The molecule has 2 amide bonds. The number of alkyl halides is 3. The summed E-state index contributed by atoms with van der Waals surface area (Å²) in [6.07, 6.45) is 2.88. The highest BCUT2D eigenvalue weighted by molar-refractivity contribution is 7.90. The molecule has 0 aliphatic carbocycles. The van der Waals surface area contributed by atoms with Crippen LogP contribution < -0.4 is 20.1 Å². The van der Waals surface area contributed by atoms with Gasteiger partial charge in [-0.3, -0.25) is 4.79 Å². The van der Waals surface area contributed by atoms with Crippen molar-refractivity contribution in [3.8, 4) is 16.9 Å². The van der Waals surface area contributed by atoms with E-state index < -0.39 is 21.6 Å². The van der Waals surface area contributed by atoms with Gasteiger partial charge in [0.05, 0.1) is 17.6 Å². The molecule has 0 radical (unpaired) electrons. The molecule has 1 aromatic heterocycles. The molecule has 1 heterocycles. The summed E-state index contributed by atoms with van der Waals surface area (Å²) in [6, 6.07) is 19.2. The zero-order valence-electron chi connectivity index (χ0n) is 25.5. The van der Waals surface area contributed by atoms with Crippen LogP contribution in [0.15, 0.2) is 66.7 Å². The van der Waals surface area contributed by atoms with Crippen LogP contribution in [0.2, 0.25) is 0 Å². The highest BCUT2D eigenvalue weighted by Gasteiger charge is 2.47. The molecule has 0 aliphatic rings. The fourth-order valence-electron chi connectivity index (χ4n) is 4.69. The van der Waals surface area contributed by atoms with Gasteiger partial charge in [-0.1, -0.05) is 69.2 Å². The molecule has 3 aromatic carbocycles. The number of aryl methyl sites for hydroxylation is 1. The lowest BCUT2D eigenvalue weighted by Gasteiger charge is -2.13. The highest BCUT2D eigenvalue weighted by Crippen LogP contribution is 2.31. The number of nitrogens with zero attached hydrogens (tertiary/aromatic N) is 2. The Morgan fingerprint density at radius 1 is 0.957 bits per heavy atom. The molecule has 246 valence electrons. The number of carbonyl (C=O) groups excluding carboxylic acids is 2. The van der Waals surface area contributed by atoms with Gasteiger partial charge in [-0.2, -0.15) is 21.6 Å². The molecule has 4 rings (SSSR count). The first kappa shape index (κ1) is 34.3. The lowest BCUT2D eigenvalue weighted by Crippen LogP contribution is -2.41. The fraction of sp³-hybridized carbons (Fsp3) is 0.344. The Labute approximate surface area is 265 Å². The van der Waals surface area contributed by atoms with Gasteiger partial charge in [0.25, 0.3) is 0 Å². The number of hydrogen-bond acceptors (Lipinski definition) is 7. The summed E-state index contributed by atoms with van der Waals surface area (Å²) >= 11 is 0. The van der Waals surface area contributed by atoms with Crippen molar-refractivity contribution < 1.29 is 35.9 Å². The van der Waals surface area contributed by atoms with Crippen LogP contribution >= 0.6 is 0 Å². The van der Waals surface area contributed by atoms with Gasteiger partial charge < -0.3 is 19.9 Å². The Morgan fingerprint density at radius 3 is 2.37 bits per heavy atom. The predicted octanol–water partition coefficient (Wildman–Crippen LogP) is 6.36. The lowest BCUT2D eigenvalue weighted by molar-refractivity contribution is -0.119. The summed E-state index contributed by atoms with van der Waals surface area (Å²) in [7, 11) is -5.92. The summed E-state index contributed by atoms with van der Waals surface area (Å²) in [6.45, 7) is 5.46. The van der Waals surface area contributed by atoms with E-state index in [2.05, 4.69) is 29.0 Å². The third-order valence-corrected chi connectivity index (χ3v) is 8.15. The van der Waals surface area contributed by atoms with Crippen LogP contribution in [0, 0.1) is 0 Å². The number of hydrogen-bond donors (Lipinski definition) is 3. The number of benzene rings is 3. The van der Waals surface area contributed by atoms with Crippen molar-refractivity contribution in [3.05, 3.63) is 78.1 Å². The van der Waals surface area contributed by atoms with Crippen molar-refractivity contribution in [2.24, 2.45) is 0 Å². The SMILES string of the molecule is CCCCNC(=O)CNc1ccc2nc(CCCC)n(Cc3ccc(-c4ccccc4OC(=O)NS(=O)(=O)C(F)(F)F)cc3)c2c1. The number of ether oxygens (including phenoxy) is 1. The van der Waals surface area contributed by atoms with E-state index in [4.69, 9.17) is 9.72 Å². The minimum absolute atomic E-state index is 0.0790. The first-order valence-electron chi connectivity index (χ1n) is 14.9. The molecule has 10 nitrogen and oxygen atoms in total. The second kappa shape index (κ2) is 15.1. The van der Waals surface area contributed by atoms with Crippen LogP contribution in [-0.4, -0.2) is 48.6 Å². The van der Waals surface area contributed by atoms with Gasteiger partial charge in [-0.25, -0.2) is 14.5 Å². The maximum Gasteiger partial charge on any atom is 0.516 e. The van der Waals surface area contributed by atoms with Crippen molar-refractivity contribution in [2.75, 3.05) is 18.4 Å². The van der Waals surface area contributed by atoms with E-state index in [0.717, 1.165) is 64.9 Å². The Balaban J connectivity index is 1.54. The standard InChI is InChI=1S/C32H36F3N5O5S/c1-3-5-11-29-38-26-17-16-24(37-20-30(41)36-18-6-4-2)19-27(26)40(29)21-22-12-14-23(15-13-22)25-9-7-8-10-28(25)45-31(42)39-46(43,44)32(33,34)35/h7-10,12-17,19,37H,3-6,11,18,20-21H2,1-2H3,(H,36,41)(H,39,42). The number of imidazole rings is 1. The molecule has 0 bridgehead atoms. The summed E-state index contributed by atoms with van der Waals surface area (Å²) < 4.78 is 68.6. The summed E-state index contributed by atoms with van der Waals surface area (Å²) in [4.78, 5) is 29.1. The second-order valence-corrected chi connectivity index (χ2v) is 12.3. The van der Waals surface area contributed by atoms with E-state index in [1.54, 1.807) is 24.3 Å². The van der Waals surface area contributed by atoms with Crippen molar-refractivity contribution >= 4 is 38.7 Å². The zero-order chi connectivity index (χ0) is 33.3. The zero-order valence-corrected chi connectivity index (χ0v) is 26.3. The van der Waals surface area contributed by atoms with Crippen LogP contribution in [0.4, 0.5) is 23.7 Å². The molecule has 0 atom stereocenters. The van der Waals surface area contributed by atoms with Crippen LogP contribution in [0.25, 0.3) is 22.2 Å². The van der Waals surface area contributed by atoms with Gasteiger partial charge in [0.2, 0.25) is 5.91 Å². The minimum atomic E-state index is -5.92. The quantitative estimate of drug-likeness (QED) is 0.134. The van der Waals surface area contributed by atoms with Gasteiger partial charge in [-0.15, -0.1) is 0 Å². The van der Waals surface area contributed by atoms with Gasteiger partial charge in [0.15, 0.2) is 0 Å². The third kappa shape index (κ3) is 8.77. The first-order valence-corrected chi connectivity index (χ1v) is 16.4. The number of fused-ring (bicyclic) bond motifs is 1. The van der Waals surface area contributed by atoms with Crippen molar-refractivity contribution in [2.45, 2.75) is 58.0 Å². The maximum atomic E-state index is 12.7.